The Kier molecular flexibility index (Phi) is 30.7. The average molecular weight is 1360 g/mol. The molecule has 6 aromatic rings. The van der Waals surface area contributed by atoms with Crippen LogP contribution >= 0.6 is 70.1 Å². The van der Waals surface area contributed by atoms with Crippen LogP contribution in [-0.2, 0) is 42.8 Å². The quantitative estimate of drug-likeness (QED) is 0.00831. The molecule has 91 heavy (non-hydrogen) atoms. The lowest BCUT2D eigenvalue weighted by Gasteiger charge is -2.22. The van der Waals surface area contributed by atoms with Crippen LogP contribution in [0.2, 0.25) is 15.1 Å². The van der Waals surface area contributed by atoms with Gasteiger partial charge in [0, 0.05) is 69.7 Å². The van der Waals surface area contributed by atoms with E-state index in [0.29, 0.717) is 49.6 Å². The maximum absolute atomic E-state index is 13.0. The number of carbonyl (C=O) groups excluding carboxylic acids is 6. The molecule has 6 aromatic carbocycles. The van der Waals surface area contributed by atoms with Gasteiger partial charge in [0.2, 0.25) is 0 Å². The minimum Gasteiger partial charge on any atom is -0.490 e. The van der Waals surface area contributed by atoms with E-state index >= 15 is 0 Å². The number of hydrogen-bond acceptors (Lipinski definition) is 18. The first-order valence-electron chi connectivity index (χ1n) is 28.4. The summed E-state index contributed by atoms with van der Waals surface area (Å²) in [6.45, 7) is 15.1. The van der Waals surface area contributed by atoms with Gasteiger partial charge in [-0.05, 0) is 147 Å². The van der Waals surface area contributed by atoms with Crippen molar-refractivity contribution in [3.8, 4) is 17.2 Å². The Balaban J connectivity index is 1.20. The largest absolute Gasteiger partial charge is 0.490 e. The molecule has 0 aliphatic rings. The first-order valence-corrected chi connectivity index (χ1v) is 32.5. The van der Waals surface area contributed by atoms with Gasteiger partial charge in [0.1, 0.15) is 75.2 Å². The normalized spacial score (nSPS) is 12.1. The number of hydrogen-bond donors (Lipinski definition) is 3. The van der Waals surface area contributed by atoms with Crippen molar-refractivity contribution >= 4 is 106 Å². The minimum atomic E-state index is -0.718. The van der Waals surface area contributed by atoms with Crippen LogP contribution in [0.5, 0.6) is 17.2 Å². The highest BCUT2D eigenvalue weighted by Crippen LogP contribution is 2.36. The third-order valence-electron chi connectivity index (χ3n) is 12.4. The van der Waals surface area contributed by atoms with Gasteiger partial charge in [-0.3, -0.25) is 0 Å². The van der Waals surface area contributed by atoms with E-state index in [1.165, 1.54) is 56.1 Å². The number of alkyl carbamates (subject to hydrolysis) is 3. The van der Waals surface area contributed by atoms with E-state index in [-0.39, 0.29) is 81.9 Å². The van der Waals surface area contributed by atoms with Crippen molar-refractivity contribution in [1.82, 2.24) is 16.0 Å². The molecule has 18 nitrogen and oxygen atoms in total. The van der Waals surface area contributed by atoms with Crippen molar-refractivity contribution in [1.29, 1.82) is 0 Å². The molecule has 3 atom stereocenters. The van der Waals surface area contributed by atoms with Crippen molar-refractivity contribution in [3.05, 3.63) is 214 Å². The van der Waals surface area contributed by atoms with Gasteiger partial charge in [0.05, 0.1) is 19.6 Å². The summed E-state index contributed by atoms with van der Waals surface area (Å²) >= 11 is 22.8. The number of ether oxygens (including phenoxy) is 9. The second kappa shape index (κ2) is 38.7. The van der Waals surface area contributed by atoms with Crippen LogP contribution in [0.4, 0.5) is 14.4 Å². The first kappa shape index (κ1) is 72.1. The number of thioether (sulfide) groups is 3. The SMILES string of the molecule is C=C(C)C(=O)OCCNC(=O)OC(COc1ccc(C(c2ccc(OCC(CSc3ccc(Cl)cc3)OC(=O)NCCOC(=O)C(=C)C)cc2)c2ccc(OCC(CSc3ccc(Cl)cc3)OC(=O)NCCOC(=O)C(=C)C)cc2)cc1)CSc1ccc(Cl)cc1. The van der Waals surface area contributed by atoms with Crippen LogP contribution in [0.15, 0.2) is 197 Å². The second-order valence-electron chi connectivity index (χ2n) is 20.0. The predicted molar refractivity (Wildman–Crippen MR) is 355 cm³/mol. The van der Waals surface area contributed by atoms with E-state index < -0.39 is 54.5 Å². The lowest BCUT2D eigenvalue weighted by Crippen LogP contribution is -2.35. The molecule has 0 heterocycles. The molecular formula is C67H70Cl3N3O15S3. The van der Waals surface area contributed by atoms with Gasteiger partial charge in [-0.15, -0.1) is 35.3 Å². The Morgan fingerprint density at radius 2 is 0.626 bits per heavy atom. The molecule has 0 saturated heterocycles. The molecule has 3 N–H and O–H groups in total. The van der Waals surface area contributed by atoms with Gasteiger partial charge < -0.3 is 58.6 Å². The monoisotopic (exact) mass is 1360 g/mol. The summed E-state index contributed by atoms with van der Waals surface area (Å²) in [4.78, 5) is 77.2. The molecule has 0 bridgehead atoms. The number of rotatable bonds is 36. The van der Waals surface area contributed by atoms with Gasteiger partial charge in [-0.25, -0.2) is 28.8 Å². The van der Waals surface area contributed by atoms with Gasteiger partial charge in [0.15, 0.2) is 0 Å². The van der Waals surface area contributed by atoms with E-state index in [1.54, 1.807) is 36.4 Å². The molecule has 6 rings (SSSR count). The smallest absolute Gasteiger partial charge is 0.407 e. The highest BCUT2D eigenvalue weighted by molar-refractivity contribution is 7.99. The fourth-order valence-corrected chi connectivity index (χ4v) is 10.8. The summed E-state index contributed by atoms with van der Waals surface area (Å²) < 4.78 is 51.5. The zero-order valence-corrected chi connectivity index (χ0v) is 55.0. The van der Waals surface area contributed by atoms with Crippen molar-refractivity contribution in [3.63, 3.8) is 0 Å². The van der Waals surface area contributed by atoms with Crippen molar-refractivity contribution < 1.29 is 71.4 Å². The molecule has 3 amide bonds. The Morgan fingerprint density at radius 3 is 0.857 bits per heavy atom. The topological polar surface area (TPSA) is 222 Å². The number of nitrogens with one attached hydrogen (secondary N) is 3. The van der Waals surface area contributed by atoms with Crippen LogP contribution in [-0.4, -0.2) is 131 Å². The molecule has 0 spiro atoms. The molecule has 0 aliphatic heterocycles. The lowest BCUT2D eigenvalue weighted by atomic mass is 9.85. The number of halogens is 3. The van der Waals surface area contributed by atoms with Crippen molar-refractivity contribution in [2.24, 2.45) is 0 Å². The van der Waals surface area contributed by atoms with Crippen LogP contribution in [0.1, 0.15) is 43.4 Å². The molecule has 24 heteroatoms. The molecule has 0 aliphatic carbocycles. The summed E-state index contributed by atoms with van der Waals surface area (Å²) in [6, 6.07) is 44.5. The highest BCUT2D eigenvalue weighted by Gasteiger charge is 2.23. The zero-order valence-electron chi connectivity index (χ0n) is 50.3. The molecule has 0 fully saturated rings. The Hall–Kier alpha value is -7.92. The fraction of sp³-hybridized carbons (Fsp3) is 0.284. The summed E-state index contributed by atoms with van der Waals surface area (Å²) in [5.41, 5.74) is 3.36. The maximum Gasteiger partial charge on any atom is 0.407 e. The van der Waals surface area contributed by atoms with E-state index in [1.807, 2.05) is 109 Å². The molecular weight excluding hydrogens is 1290 g/mol. The molecule has 0 aromatic heterocycles. The molecule has 3 unspecified atom stereocenters. The Morgan fingerprint density at radius 1 is 0.385 bits per heavy atom. The first-order chi connectivity index (χ1) is 43.8. The number of esters is 3. The molecule has 482 valence electrons. The van der Waals surface area contributed by atoms with Gasteiger partial charge >= 0.3 is 36.2 Å². The average Bonchev–Trinajstić information content (AvgIpc) is 1.82. The Labute approximate surface area is 557 Å². The zero-order chi connectivity index (χ0) is 65.5. The van der Waals surface area contributed by atoms with E-state index in [4.69, 9.17) is 77.4 Å². The van der Waals surface area contributed by atoms with E-state index in [2.05, 4.69) is 35.7 Å². The fourth-order valence-electron chi connectivity index (χ4n) is 7.76. The summed E-state index contributed by atoms with van der Waals surface area (Å²) in [5.74, 6) is 0.449. The standard InChI is InChI=1S/C67H70Cl3N3O15S3/c1-43(2)62(74)80-34-31-71-65(77)86-55(40-89-58-25-13-49(68)14-26-58)37-83-52-19-7-46(8-20-52)61(47-9-21-53(22-10-47)84-38-56(41-90-59-27-15-50(69)16-28-59)87-66(78)72-32-35-81-63(75)44(3)4)48-11-23-54(24-12-48)85-39-57(42-91-60-29-17-51(70)18-30-60)88-67(79)73-33-36-82-64(76)45(5)6/h7-30,55-57,61H,1,3,5,31-42H2,2,4,6H3,(H,71,77)(H,72,78)(H,73,79). The third kappa shape index (κ3) is 27.2. The van der Waals surface area contributed by atoms with Crippen LogP contribution < -0.4 is 30.2 Å². The predicted octanol–water partition coefficient (Wildman–Crippen LogP) is 14.0. The summed E-state index contributed by atoms with van der Waals surface area (Å²) in [5, 5.41) is 9.60. The highest BCUT2D eigenvalue weighted by atomic mass is 35.5. The van der Waals surface area contributed by atoms with Gasteiger partial charge in [0.25, 0.3) is 0 Å². The van der Waals surface area contributed by atoms with Crippen molar-refractivity contribution in [2.75, 3.05) is 76.5 Å². The number of carbonyl (C=O) groups is 6. The third-order valence-corrected chi connectivity index (χ3v) is 16.6. The van der Waals surface area contributed by atoms with E-state index in [9.17, 15) is 28.8 Å². The molecule has 0 radical (unpaired) electrons. The van der Waals surface area contributed by atoms with Gasteiger partial charge in [-0.2, -0.15) is 0 Å². The Bertz CT molecular complexity index is 3010. The van der Waals surface area contributed by atoms with Crippen LogP contribution in [0.3, 0.4) is 0 Å². The van der Waals surface area contributed by atoms with Crippen LogP contribution in [0, 0.1) is 0 Å². The van der Waals surface area contributed by atoms with E-state index in [0.717, 1.165) is 31.4 Å². The summed E-state index contributed by atoms with van der Waals surface area (Å²) in [6.07, 6.45) is -4.31. The lowest BCUT2D eigenvalue weighted by molar-refractivity contribution is -0.139. The van der Waals surface area contributed by atoms with Gasteiger partial charge in [-0.1, -0.05) is 90.9 Å². The number of benzene rings is 6. The summed E-state index contributed by atoms with van der Waals surface area (Å²) in [7, 11) is 0. The minimum absolute atomic E-state index is 0.00292. The van der Waals surface area contributed by atoms with Crippen LogP contribution in [0.25, 0.3) is 0 Å². The molecule has 0 saturated carbocycles. The second-order valence-corrected chi connectivity index (χ2v) is 24.6. The number of amides is 3. The van der Waals surface area contributed by atoms with Crippen molar-refractivity contribution in [2.45, 2.75) is 59.7 Å². The maximum atomic E-state index is 13.0.